The van der Waals surface area contributed by atoms with Crippen LogP contribution in [0.1, 0.15) is 51.9 Å². The molecular weight excluding hydrogens is 266 g/mol. The van der Waals surface area contributed by atoms with Crippen molar-refractivity contribution in [2.75, 3.05) is 40.0 Å². The van der Waals surface area contributed by atoms with Crippen LogP contribution in [0.2, 0.25) is 0 Å². The number of methoxy groups -OCH3 is 1. The molecule has 2 N–H and O–H groups in total. The van der Waals surface area contributed by atoms with Crippen LogP contribution >= 0.6 is 0 Å². The van der Waals surface area contributed by atoms with Crippen molar-refractivity contribution in [3.8, 4) is 0 Å². The van der Waals surface area contributed by atoms with Crippen LogP contribution in [0.5, 0.6) is 0 Å². The molecule has 0 aromatic heterocycles. The summed E-state index contributed by atoms with van der Waals surface area (Å²) in [5, 5.41) is 6.91. The second-order valence-corrected chi connectivity index (χ2v) is 5.55. The van der Waals surface area contributed by atoms with Gasteiger partial charge in [-0.15, -0.1) is 0 Å². The van der Waals surface area contributed by atoms with Gasteiger partial charge in [0.05, 0.1) is 13.2 Å². The summed E-state index contributed by atoms with van der Waals surface area (Å²) in [6.07, 6.45) is 8.74. The predicted molar refractivity (Wildman–Crippen MR) is 87.9 cm³/mol. The molecule has 1 saturated carbocycles. The van der Waals surface area contributed by atoms with Crippen LogP contribution in [0.4, 0.5) is 0 Å². The van der Waals surface area contributed by atoms with Gasteiger partial charge >= 0.3 is 0 Å². The van der Waals surface area contributed by atoms with E-state index in [0.29, 0.717) is 19.3 Å². The molecular formula is C16H33N3O2. The zero-order chi connectivity index (χ0) is 15.2. The normalized spacial score (nSPS) is 17.0. The minimum Gasteiger partial charge on any atom is -0.382 e. The molecule has 0 radical (unpaired) electrons. The number of rotatable bonds is 10. The van der Waals surface area contributed by atoms with Crippen molar-refractivity contribution in [1.29, 1.82) is 0 Å². The van der Waals surface area contributed by atoms with E-state index >= 15 is 0 Å². The first-order valence-electron chi connectivity index (χ1n) is 8.48. The molecule has 0 spiro atoms. The molecule has 0 heterocycles. The molecule has 0 aromatic rings. The molecule has 0 aromatic carbocycles. The molecule has 1 aliphatic rings. The average molecular weight is 299 g/mol. The van der Waals surface area contributed by atoms with Crippen molar-refractivity contribution in [3.63, 3.8) is 0 Å². The first kappa shape index (κ1) is 18.2. The lowest BCUT2D eigenvalue weighted by Crippen LogP contribution is -2.44. The Labute approximate surface area is 129 Å². The van der Waals surface area contributed by atoms with Crippen molar-refractivity contribution in [3.05, 3.63) is 0 Å². The fourth-order valence-corrected chi connectivity index (χ4v) is 2.51. The molecule has 124 valence electrons. The number of hydrogen-bond acceptors (Lipinski definition) is 3. The second kappa shape index (κ2) is 12.9. The number of hydrogen-bond donors (Lipinski definition) is 2. The molecule has 1 rings (SSSR count). The van der Waals surface area contributed by atoms with Gasteiger partial charge in [0.2, 0.25) is 0 Å². The quantitative estimate of drug-likeness (QED) is 0.369. The van der Waals surface area contributed by atoms with Crippen LogP contribution < -0.4 is 10.6 Å². The smallest absolute Gasteiger partial charge is 0.191 e. The summed E-state index contributed by atoms with van der Waals surface area (Å²) in [6.45, 7) is 6.04. The van der Waals surface area contributed by atoms with Crippen LogP contribution in [0.25, 0.3) is 0 Å². The average Bonchev–Trinajstić information content (AvgIpc) is 2.51. The Kier molecular flexibility index (Phi) is 11.2. The van der Waals surface area contributed by atoms with Crippen LogP contribution in [0.3, 0.4) is 0 Å². The molecule has 1 aliphatic carbocycles. The minimum absolute atomic E-state index is 0.605. The molecule has 21 heavy (non-hydrogen) atoms. The topological polar surface area (TPSA) is 54.9 Å². The fraction of sp³-hybridized carbons (Fsp3) is 0.938. The maximum atomic E-state index is 5.45. The fourth-order valence-electron chi connectivity index (χ4n) is 2.51. The molecule has 0 aliphatic heterocycles. The zero-order valence-corrected chi connectivity index (χ0v) is 13.8. The molecule has 0 saturated heterocycles. The lowest BCUT2D eigenvalue weighted by molar-refractivity contribution is 0.0690. The van der Waals surface area contributed by atoms with Gasteiger partial charge in [-0.2, -0.15) is 0 Å². The van der Waals surface area contributed by atoms with Crippen LogP contribution in [0.15, 0.2) is 4.99 Å². The van der Waals surface area contributed by atoms with Gasteiger partial charge in [0.15, 0.2) is 5.96 Å². The first-order chi connectivity index (χ1) is 10.4. The lowest BCUT2D eigenvalue weighted by atomic mass is 9.96. The number of guanidine groups is 1. The Bertz CT molecular complexity index is 266. The highest BCUT2D eigenvalue weighted by Crippen LogP contribution is 2.17. The molecule has 1 fully saturated rings. The number of unbranched alkanes of at least 4 members (excludes halogenated alkanes) is 1. The molecule has 0 unspecified atom stereocenters. The van der Waals surface area contributed by atoms with Gasteiger partial charge in [-0.05, 0) is 32.6 Å². The standard InChI is InChI=1S/C16H33N3O2/c1-3-17-16(19-15-9-5-4-6-10-15)18-11-7-8-12-21-14-13-20-2/h15H,3-14H2,1-2H3,(H2,17,18,19). The van der Waals surface area contributed by atoms with Gasteiger partial charge in [0, 0.05) is 32.8 Å². The van der Waals surface area contributed by atoms with Crippen molar-refractivity contribution in [2.24, 2.45) is 4.99 Å². The van der Waals surface area contributed by atoms with Crippen molar-refractivity contribution in [1.82, 2.24) is 10.6 Å². The monoisotopic (exact) mass is 299 g/mol. The highest BCUT2D eigenvalue weighted by molar-refractivity contribution is 5.80. The van der Waals surface area contributed by atoms with E-state index in [-0.39, 0.29) is 0 Å². The Hall–Kier alpha value is -0.810. The lowest BCUT2D eigenvalue weighted by Gasteiger charge is -2.24. The number of nitrogens with one attached hydrogen (secondary N) is 2. The van der Waals surface area contributed by atoms with E-state index in [1.807, 2.05) is 0 Å². The van der Waals surface area contributed by atoms with E-state index in [0.717, 1.165) is 38.5 Å². The molecule has 0 bridgehead atoms. The summed E-state index contributed by atoms with van der Waals surface area (Å²) in [7, 11) is 1.69. The first-order valence-corrected chi connectivity index (χ1v) is 8.48. The van der Waals surface area contributed by atoms with Gasteiger partial charge in [-0.25, -0.2) is 0 Å². The van der Waals surface area contributed by atoms with Gasteiger partial charge in [0.1, 0.15) is 0 Å². The zero-order valence-electron chi connectivity index (χ0n) is 13.8. The molecule has 0 atom stereocenters. The summed E-state index contributed by atoms with van der Waals surface area (Å²) in [5.74, 6) is 0.977. The van der Waals surface area contributed by atoms with Gasteiger partial charge in [-0.1, -0.05) is 19.3 Å². The third-order valence-electron chi connectivity index (χ3n) is 3.69. The van der Waals surface area contributed by atoms with E-state index in [1.54, 1.807) is 7.11 Å². The van der Waals surface area contributed by atoms with E-state index in [2.05, 4.69) is 22.5 Å². The number of aliphatic imine (C=N–C) groups is 1. The van der Waals surface area contributed by atoms with Crippen LogP contribution in [-0.4, -0.2) is 52.0 Å². The van der Waals surface area contributed by atoms with Crippen LogP contribution in [-0.2, 0) is 9.47 Å². The summed E-state index contributed by atoms with van der Waals surface area (Å²) in [5.41, 5.74) is 0. The van der Waals surface area contributed by atoms with Crippen LogP contribution in [0, 0.1) is 0 Å². The van der Waals surface area contributed by atoms with Gasteiger partial charge in [0.25, 0.3) is 0 Å². The van der Waals surface area contributed by atoms with Gasteiger partial charge < -0.3 is 20.1 Å². The maximum absolute atomic E-state index is 5.45. The van der Waals surface area contributed by atoms with E-state index in [4.69, 9.17) is 9.47 Å². The van der Waals surface area contributed by atoms with E-state index in [1.165, 1.54) is 32.1 Å². The Morgan fingerprint density at radius 3 is 2.62 bits per heavy atom. The third kappa shape index (κ3) is 9.69. The SMILES string of the molecule is CCNC(=NCCCCOCCOC)NC1CCCCC1. The highest BCUT2D eigenvalue weighted by atomic mass is 16.5. The maximum Gasteiger partial charge on any atom is 0.191 e. The van der Waals surface area contributed by atoms with Crippen molar-refractivity contribution >= 4 is 5.96 Å². The Morgan fingerprint density at radius 1 is 1.10 bits per heavy atom. The summed E-state index contributed by atoms with van der Waals surface area (Å²) >= 11 is 0. The molecule has 5 nitrogen and oxygen atoms in total. The Balaban J connectivity index is 2.12. The summed E-state index contributed by atoms with van der Waals surface area (Å²) < 4.78 is 10.4. The highest BCUT2D eigenvalue weighted by Gasteiger charge is 2.14. The van der Waals surface area contributed by atoms with E-state index in [9.17, 15) is 0 Å². The Morgan fingerprint density at radius 2 is 1.90 bits per heavy atom. The molecule has 0 amide bonds. The van der Waals surface area contributed by atoms with Crippen molar-refractivity contribution < 1.29 is 9.47 Å². The number of nitrogens with zero attached hydrogens (tertiary/aromatic N) is 1. The summed E-state index contributed by atoms with van der Waals surface area (Å²) in [4.78, 5) is 4.66. The minimum atomic E-state index is 0.605. The van der Waals surface area contributed by atoms with Gasteiger partial charge in [-0.3, -0.25) is 4.99 Å². The van der Waals surface area contributed by atoms with E-state index < -0.39 is 0 Å². The largest absolute Gasteiger partial charge is 0.382 e. The predicted octanol–water partition coefficient (Wildman–Crippen LogP) is 2.32. The van der Waals surface area contributed by atoms with Crippen molar-refractivity contribution in [2.45, 2.75) is 57.9 Å². The number of ether oxygens (including phenoxy) is 2. The second-order valence-electron chi connectivity index (χ2n) is 5.55. The molecule has 5 heteroatoms. The summed E-state index contributed by atoms with van der Waals surface area (Å²) in [6, 6.07) is 0.605. The third-order valence-corrected chi connectivity index (χ3v) is 3.69.